The van der Waals surface area contributed by atoms with Crippen molar-refractivity contribution in [1.82, 2.24) is 15.5 Å². The number of halogens is 3. The monoisotopic (exact) mass is 608 g/mol. The highest BCUT2D eigenvalue weighted by molar-refractivity contribution is 7.22. The Morgan fingerprint density at radius 3 is 2.44 bits per heavy atom. The van der Waals surface area contributed by atoms with E-state index in [0.29, 0.717) is 35.9 Å². The molecule has 2 bridgehead atoms. The Hall–Kier alpha value is -3.44. The molecule has 2 aliphatic carbocycles. The summed E-state index contributed by atoms with van der Waals surface area (Å²) in [4.78, 5) is 19.3. The van der Waals surface area contributed by atoms with E-state index < -0.39 is 17.7 Å². The smallest absolute Gasteiger partial charge is 0.417 e. The molecule has 4 heterocycles. The van der Waals surface area contributed by atoms with Crippen LogP contribution in [0.3, 0.4) is 0 Å². The molecule has 2 N–H and O–H groups in total. The van der Waals surface area contributed by atoms with E-state index >= 15 is 0 Å². The fraction of sp³-hybridized carbons (Fsp3) is 0.469. The normalized spacial score (nSPS) is 23.8. The lowest BCUT2D eigenvalue weighted by Crippen LogP contribution is -2.49. The number of piperidine rings is 1. The number of anilines is 1. The van der Waals surface area contributed by atoms with Gasteiger partial charge in [0, 0.05) is 41.7 Å². The molecule has 4 aliphatic rings. The third-order valence-electron chi connectivity index (χ3n) is 9.55. The first-order valence-electron chi connectivity index (χ1n) is 15.1. The summed E-state index contributed by atoms with van der Waals surface area (Å²) in [6.45, 7) is 0.408. The van der Waals surface area contributed by atoms with Crippen molar-refractivity contribution in [3.8, 4) is 11.3 Å². The molecule has 2 saturated carbocycles. The topological polar surface area (TPSA) is 91.5 Å². The van der Waals surface area contributed by atoms with Crippen molar-refractivity contribution < 1.29 is 27.6 Å². The highest BCUT2D eigenvalue weighted by Gasteiger charge is 2.43. The minimum Gasteiger partial charge on any atom is -0.478 e. The van der Waals surface area contributed by atoms with Gasteiger partial charge in [-0.1, -0.05) is 34.7 Å². The number of carboxylic acids is 1. The van der Waals surface area contributed by atoms with Gasteiger partial charge in [-0.05, 0) is 81.0 Å². The molecule has 224 valence electrons. The molecule has 11 heteroatoms. The number of aromatic carboxylic acids is 1. The summed E-state index contributed by atoms with van der Waals surface area (Å²) in [6.07, 6.45) is 3.51. The van der Waals surface area contributed by atoms with Crippen LogP contribution in [0.4, 0.5) is 18.3 Å². The maximum Gasteiger partial charge on any atom is 0.417 e. The second-order valence-corrected chi connectivity index (χ2v) is 13.5. The maximum atomic E-state index is 13.9. The van der Waals surface area contributed by atoms with Crippen molar-refractivity contribution in [3.63, 3.8) is 0 Å². The first kappa shape index (κ1) is 27.1. The van der Waals surface area contributed by atoms with Crippen LogP contribution >= 0.6 is 11.3 Å². The Balaban J connectivity index is 1.03. The third kappa shape index (κ3) is 4.90. The lowest BCUT2D eigenvalue weighted by molar-refractivity contribution is -0.137. The molecular weight excluding hydrogens is 577 g/mol. The predicted octanol–water partition coefficient (Wildman–Crippen LogP) is 7.71. The maximum absolute atomic E-state index is 13.9. The van der Waals surface area contributed by atoms with Crippen LogP contribution in [0.5, 0.6) is 0 Å². The number of hydrogen-bond acceptors (Lipinski definition) is 7. The van der Waals surface area contributed by atoms with Crippen molar-refractivity contribution >= 4 is 32.7 Å². The minimum atomic E-state index is -4.48. The number of carbonyl (C=O) groups is 1. The standard InChI is InChI=1S/C32H31F3N4O3S/c33-32(34,35)25-4-2-1-3-22(25)27-24(29(42-38-27)17-7-8-17)15-36-19-13-20-9-10-21(14-19)39(20)31-37-28-23(16-5-6-16)11-18(30(40)41)12-26(28)43-31/h1-4,11-12,16-17,19-21,36H,5-10,13-15H2,(H,40,41). The lowest BCUT2D eigenvalue weighted by Gasteiger charge is -2.39. The number of thiazole rings is 1. The van der Waals surface area contributed by atoms with E-state index in [4.69, 9.17) is 9.51 Å². The molecule has 4 aromatic rings. The number of aromatic nitrogens is 2. The van der Waals surface area contributed by atoms with Gasteiger partial charge in [-0.3, -0.25) is 0 Å². The fourth-order valence-electron chi connectivity index (χ4n) is 7.19. The molecule has 2 unspecified atom stereocenters. The average molecular weight is 609 g/mol. The van der Waals surface area contributed by atoms with Crippen molar-refractivity contribution in [3.05, 3.63) is 64.4 Å². The van der Waals surface area contributed by atoms with Gasteiger partial charge >= 0.3 is 12.1 Å². The molecule has 0 spiro atoms. The Kier molecular flexibility index (Phi) is 6.34. The molecule has 43 heavy (non-hydrogen) atoms. The largest absolute Gasteiger partial charge is 0.478 e. The van der Waals surface area contributed by atoms with Gasteiger partial charge in [0.25, 0.3) is 0 Å². The zero-order valence-electron chi connectivity index (χ0n) is 23.4. The second kappa shape index (κ2) is 10.1. The molecule has 2 aromatic heterocycles. The number of carboxylic acid groups (broad SMARTS) is 1. The van der Waals surface area contributed by atoms with Gasteiger partial charge in [0.1, 0.15) is 11.5 Å². The minimum absolute atomic E-state index is 0.0600. The number of alkyl halides is 3. The van der Waals surface area contributed by atoms with E-state index in [-0.39, 0.29) is 23.2 Å². The first-order chi connectivity index (χ1) is 20.7. The molecule has 0 amide bonds. The Labute approximate surface area is 250 Å². The molecular formula is C32H31F3N4O3S. The molecule has 2 aliphatic heterocycles. The summed E-state index contributed by atoms with van der Waals surface area (Å²) in [6, 6.07) is 9.96. The summed E-state index contributed by atoms with van der Waals surface area (Å²) in [7, 11) is 0. The van der Waals surface area contributed by atoms with Gasteiger partial charge in [0.05, 0.1) is 21.3 Å². The second-order valence-electron chi connectivity index (χ2n) is 12.5. The van der Waals surface area contributed by atoms with Gasteiger partial charge in [0.15, 0.2) is 5.13 Å². The van der Waals surface area contributed by atoms with Crippen LogP contribution in [0.2, 0.25) is 0 Å². The lowest BCUT2D eigenvalue weighted by atomic mass is 9.96. The van der Waals surface area contributed by atoms with Crippen LogP contribution in [0, 0.1) is 0 Å². The molecule has 4 fully saturated rings. The van der Waals surface area contributed by atoms with Crippen LogP contribution in [0.25, 0.3) is 21.5 Å². The summed E-state index contributed by atoms with van der Waals surface area (Å²) in [5.41, 5.74) is 2.71. The summed E-state index contributed by atoms with van der Waals surface area (Å²) in [5.74, 6) is 0.416. The molecule has 0 radical (unpaired) electrons. The van der Waals surface area contributed by atoms with Crippen LogP contribution in [-0.2, 0) is 12.7 Å². The predicted molar refractivity (Wildman–Crippen MR) is 157 cm³/mol. The van der Waals surface area contributed by atoms with Crippen LogP contribution < -0.4 is 10.2 Å². The molecule has 8 rings (SSSR count). The zero-order chi connectivity index (χ0) is 29.5. The summed E-state index contributed by atoms with van der Waals surface area (Å²) >= 11 is 1.59. The van der Waals surface area contributed by atoms with Gasteiger partial charge < -0.3 is 19.8 Å². The van der Waals surface area contributed by atoms with Gasteiger partial charge in [0.2, 0.25) is 0 Å². The number of hydrogen-bond donors (Lipinski definition) is 2. The van der Waals surface area contributed by atoms with E-state index in [9.17, 15) is 23.1 Å². The fourth-order valence-corrected chi connectivity index (χ4v) is 8.38. The first-order valence-corrected chi connectivity index (χ1v) is 15.9. The third-order valence-corrected chi connectivity index (χ3v) is 10.6. The number of fused-ring (bicyclic) bond motifs is 3. The van der Waals surface area contributed by atoms with E-state index in [1.165, 1.54) is 12.1 Å². The molecule has 7 nitrogen and oxygen atoms in total. The number of nitrogens with one attached hydrogen (secondary N) is 1. The Morgan fingerprint density at radius 2 is 1.77 bits per heavy atom. The van der Waals surface area contributed by atoms with Gasteiger partial charge in [-0.2, -0.15) is 13.2 Å². The molecule has 2 saturated heterocycles. The number of nitrogens with zero attached hydrogens (tertiary/aromatic N) is 3. The Bertz CT molecular complexity index is 1710. The molecule has 2 aromatic carbocycles. The quantitative estimate of drug-likeness (QED) is 0.212. The van der Waals surface area contributed by atoms with Gasteiger partial charge in [-0.15, -0.1) is 0 Å². The molecule has 2 atom stereocenters. The van der Waals surface area contributed by atoms with E-state index in [2.05, 4.69) is 15.4 Å². The van der Waals surface area contributed by atoms with E-state index in [1.807, 2.05) is 0 Å². The average Bonchev–Trinajstić information content (AvgIpc) is 3.90. The van der Waals surface area contributed by atoms with E-state index in [0.717, 1.165) is 83.9 Å². The SMILES string of the molecule is O=C(O)c1cc(C2CC2)c2nc(N3C4CCC3CC(NCc3c(-c5ccccc5C(F)(F)F)noc3C3CC3)C4)sc2c1. The van der Waals surface area contributed by atoms with Crippen molar-refractivity contribution in [2.75, 3.05) is 4.90 Å². The van der Waals surface area contributed by atoms with Crippen LogP contribution in [0.15, 0.2) is 40.9 Å². The summed E-state index contributed by atoms with van der Waals surface area (Å²) < 4.78 is 48.2. The van der Waals surface area contributed by atoms with Crippen molar-refractivity contribution in [1.29, 1.82) is 0 Å². The zero-order valence-corrected chi connectivity index (χ0v) is 24.2. The number of benzene rings is 2. The summed E-state index contributed by atoms with van der Waals surface area (Å²) in [5, 5.41) is 18.5. The number of rotatable bonds is 8. The van der Waals surface area contributed by atoms with Crippen LogP contribution in [0.1, 0.15) is 96.0 Å². The van der Waals surface area contributed by atoms with Crippen molar-refractivity contribution in [2.45, 2.75) is 94.0 Å². The highest BCUT2D eigenvalue weighted by atomic mass is 32.1. The van der Waals surface area contributed by atoms with E-state index in [1.54, 1.807) is 29.5 Å². The van der Waals surface area contributed by atoms with Gasteiger partial charge in [-0.25, -0.2) is 9.78 Å². The Morgan fingerprint density at radius 1 is 1.05 bits per heavy atom. The van der Waals surface area contributed by atoms with Crippen LogP contribution in [-0.4, -0.2) is 39.3 Å². The highest BCUT2D eigenvalue weighted by Crippen LogP contribution is 2.48. The van der Waals surface area contributed by atoms with Crippen molar-refractivity contribution in [2.24, 2.45) is 0 Å².